The van der Waals surface area contributed by atoms with Crippen molar-refractivity contribution in [2.45, 2.75) is 245 Å². The largest absolute Gasteiger partial charge is 0.460 e. The number of nitrogens with zero attached hydrogens (tertiary/aromatic N) is 13. The number of carbonyl (C=O) groups is 9. The number of benzene rings is 2. The molecule has 4 saturated heterocycles. The van der Waals surface area contributed by atoms with E-state index in [2.05, 4.69) is 70.5 Å². The maximum Gasteiger partial charge on any atom is 0.332 e. The molecular formula is C82H100BrCl2N19O28. The van der Waals surface area contributed by atoms with Crippen LogP contribution < -0.4 is 54.1 Å². The van der Waals surface area contributed by atoms with Crippen molar-refractivity contribution in [2.24, 2.45) is 11.8 Å². The molecule has 2 saturated carbocycles. The molecule has 7 aromatic heterocycles. The number of halogens is 3. The van der Waals surface area contributed by atoms with Gasteiger partial charge in [0.1, 0.15) is 66.3 Å². The Morgan fingerprint density at radius 1 is 0.477 bits per heavy atom. The van der Waals surface area contributed by atoms with Gasteiger partial charge in [0, 0.05) is 72.8 Å². The summed E-state index contributed by atoms with van der Waals surface area (Å²) in [4.78, 5) is 180. The van der Waals surface area contributed by atoms with Crippen molar-refractivity contribution < 1.29 is 120 Å². The van der Waals surface area contributed by atoms with Crippen LogP contribution in [0, 0.1) is 11.8 Å². The van der Waals surface area contributed by atoms with E-state index in [1.165, 1.54) is 96.7 Å². The van der Waals surface area contributed by atoms with Gasteiger partial charge < -0.3 is 99.8 Å². The van der Waals surface area contributed by atoms with E-state index in [-0.39, 0.29) is 105 Å². The van der Waals surface area contributed by atoms with E-state index in [1.54, 1.807) is 0 Å². The molecule has 5 aliphatic heterocycles. The van der Waals surface area contributed by atoms with Crippen molar-refractivity contribution >= 4 is 156 Å². The molecule has 50 heteroatoms. The second kappa shape index (κ2) is 44.2. The van der Waals surface area contributed by atoms with Crippen molar-refractivity contribution in [2.75, 3.05) is 39.8 Å². The summed E-state index contributed by atoms with van der Waals surface area (Å²) in [6, 6.07) is 18.6. The highest BCUT2D eigenvalue weighted by atomic mass is 79.9. The Kier molecular flexibility index (Phi) is 33.5. The van der Waals surface area contributed by atoms with Gasteiger partial charge in [-0.2, -0.15) is 34.9 Å². The van der Waals surface area contributed by atoms with Crippen LogP contribution in [-0.4, -0.2) is 229 Å². The highest BCUT2D eigenvalue weighted by Crippen LogP contribution is 2.44. The van der Waals surface area contributed by atoms with E-state index in [0.717, 1.165) is 29.9 Å². The fourth-order valence-electron chi connectivity index (χ4n) is 14.9. The number of carbonyl (C=O) groups excluding carboxylic acids is 9. The highest BCUT2D eigenvalue weighted by molar-refractivity contribution is 9.09. The normalized spacial score (nSPS) is 23.7. The molecule has 7 aliphatic rings. The zero-order valence-corrected chi connectivity index (χ0v) is 76.3. The standard InChI is InChI=1S/C22H25N5O7.C19H24ClN5O6.C17H19N5O6.C16H19ClN4O6.C4H7Br.C4H6O3/c1-4-14-16(32-11(2)28)17(33-12(3)29)20(34-14)27-18-15(19(30)26-21(23)25-18)24-22(27)31-10-13-8-6-5-7-9-13;1-4-11-13(29-8(2)26)14(30-9(3)27)17(31-11)25-16-12(15(20)22-18(21)23-16)24(19(25)28)7-10-5-6-10;18-16-20-13-10(14(26)21-16)19-17(27-7-8-4-2-1-3-5-8)22(13)15-12(25)11(24)9(6-23)28-15;1-4-9-11(25-6(2)22)12(26-7(3)23)15(27-9)21-10(24)5-8-13(17)19-16(18)20-14(8)21;5-3-4-1-2-4;1-3(5)7-4(2)6/h5-9,14,16-17,20H,4,10H2,1-3H3,(H3,23,25,26,30);10-11,13-14,17H,4-7H2,1-3H3,(H2,21,22,23);1-5,9,11-12,15,23-25H,6-7H2,(H3,18,20,21,26);9,11-12,15H,4-5H2,1-3H3,(H2,18,19,20);4H,1-3H2;1-2H3/t14-,16+,17-,20-;11-,13+,14-,17-;2*9-,11+,12-,15-;;/m1111../s1. The van der Waals surface area contributed by atoms with Crippen molar-refractivity contribution in [3.05, 3.63) is 119 Å². The summed E-state index contributed by atoms with van der Waals surface area (Å²) >= 11 is 15.8. The van der Waals surface area contributed by atoms with E-state index < -0.39 is 169 Å². The van der Waals surface area contributed by atoms with Crippen LogP contribution in [0.1, 0.15) is 156 Å². The molecule has 0 spiro atoms. The number of ether oxygens (including phenoxy) is 13. The van der Waals surface area contributed by atoms with E-state index in [9.17, 15) is 72.9 Å². The van der Waals surface area contributed by atoms with Crippen LogP contribution in [0.15, 0.2) is 75.0 Å². The first-order valence-corrected chi connectivity index (χ1v) is 43.5. The third-order valence-electron chi connectivity index (χ3n) is 20.8. The number of aliphatic hydroxyl groups excluding tert-OH is 3. The van der Waals surface area contributed by atoms with E-state index in [0.29, 0.717) is 42.8 Å². The van der Waals surface area contributed by atoms with Crippen LogP contribution in [0.3, 0.4) is 0 Å². The number of hydrogen-bond acceptors (Lipinski definition) is 40. The summed E-state index contributed by atoms with van der Waals surface area (Å²) in [5, 5.41) is 31.2. The van der Waals surface area contributed by atoms with E-state index in [1.807, 2.05) is 81.4 Å². The topological polar surface area (TPSA) is 647 Å². The number of hydrogen-bond donors (Lipinski definition) is 9. The lowest BCUT2D eigenvalue weighted by Gasteiger charge is -2.28. The third kappa shape index (κ3) is 24.1. The second-order valence-corrected chi connectivity index (χ2v) is 32.3. The summed E-state index contributed by atoms with van der Waals surface area (Å²) in [6.07, 6.45) is -9.40. The number of H-pyrrole nitrogens is 2. The number of imidazole rings is 3. The lowest BCUT2D eigenvalue weighted by atomic mass is 10.1. The monoisotopic (exact) mass is 1950 g/mol. The van der Waals surface area contributed by atoms with Crippen LogP contribution in [0.2, 0.25) is 10.3 Å². The Hall–Kier alpha value is -12.4. The predicted octanol–water partition coefficient (Wildman–Crippen LogP) is 4.24. The number of rotatable bonds is 23. The molecule has 2 aliphatic carbocycles. The number of aliphatic hydroxyl groups is 3. The molecule has 47 nitrogen and oxygen atoms in total. The number of nitrogen functional groups attached to an aromatic ring is 4. The average molecular weight is 1950 g/mol. The van der Waals surface area contributed by atoms with Crippen molar-refractivity contribution in [1.82, 2.24) is 68.1 Å². The summed E-state index contributed by atoms with van der Waals surface area (Å²) in [7, 11) is 0. The number of fused-ring (bicyclic) bond motifs is 4. The summed E-state index contributed by atoms with van der Waals surface area (Å²) in [5.41, 5.74) is 23.9. The molecule has 1 amide bonds. The number of anilines is 5. The summed E-state index contributed by atoms with van der Waals surface area (Å²) < 4.78 is 77.4. The first-order chi connectivity index (χ1) is 62.8. The molecule has 132 heavy (non-hydrogen) atoms. The highest BCUT2D eigenvalue weighted by Gasteiger charge is 2.56. The smallest absolute Gasteiger partial charge is 0.332 e. The fourth-order valence-corrected chi connectivity index (χ4v) is 16.0. The van der Waals surface area contributed by atoms with Crippen molar-refractivity contribution in [3.63, 3.8) is 0 Å². The number of aromatic amines is 2. The minimum atomic E-state index is -1.41. The van der Waals surface area contributed by atoms with Crippen LogP contribution >= 0.6 is 39.1 Å². The maximum atomic E-state index is 13.5. The molecule has 712 valence electrons. The predicted molar refractivity (Wildman–Crippen MR) is 466 cm³/mol. The summed E-state index contributed by atoms with van der Waals surface area (Å²) in [5.74, 6) is -3.87. The number of esters is 8. The molecular weight excluding hydrogens is 1850 g/mol. The van der Waals surface area contributed by atoms with Crippen LogP contribution in [0.25, 0.3) is 33.5 Å². The maximum absolute atomic E-state index is 13.5. The SMILES string of the molecule is BrCC1CC1.CC(=O)OC(C)=O.CC[C@H]1O[C@@H](N2C(=O)Cc3c(Cl)nc(N)nc32)[C@H](OC(C)=O)[C@H]1OC(C)=O.CC[C@H]1O[C@@H](n2c(=O)n(CC3CC3)c3c(Cl)nc(N)nc32)[C@H](OC(C)=O)[C@H]1OC(C)=O.CC[C@H]1O[C@@H](n2c(OCc3ccccc3)nc3c(=O)[nH]c(N)nc32)[C@H](OC(C)=O)[C@H]1OC(C)=O.Nc1nc2c(nc(OCc3ccccc3)n2[C@@H]2O[C@H](CO)[C@H](O)[C@H]2O)c(=O)[nH]1. The molecule has 12 heterocycles. The Morgan fingerprint density at radius 2 is 0.871 bits per heavy atom. The van der Waals surface area contributed by atoms with Gasteiger partial charge in [-0.3, -0.25) is 72.2 Å². The van der Waals surface area contributed by atoms with Crippen molar-refractivity contribution in [1.29, 1.82) is 0 Å². The first kappa shape index (κ1) is 100. The number of nitrogens with one attached hydrogen (secondary N) is 2. The number of nitrogens with two attached hydrogens (primary N) is 4. The molecule has 0 bridgehead atoms. The van der Waals surface area contributed by atoms with Gasteiger partial charge in [-0.1, -0.05) is 121 Å². The van der Waals surface area contributed by atoms with Gasteiger partial charge in [-0.05, 0) is 67.9 Å². The Bertz CT molecular complexity index is 5890. The molecule has 6 fully saturated rings. The zero-order chi connectivity index (χ0) is 96.1. The van der Waals surface area contributed by atoms with Gasteiger partial charge >= 0.3 is 65.5 Å². The molecule has 0 radical (unpaired) electrons. The first-order valence-electron chi connectivity index (χ1n) is 41.6. The lowest BCUT2D eigenvalue weighted by molar-refractivity contribution is -0.165. The Labute approximate surface area is 768 Å². The van der Waals surface area contributed by atoms with Gasteiger partial charge in [0.05, 0.1) is 13.0 Å². The minimum Gasteiger partial charge on any atom is -0.460 e. The molecule has 9 aromatic rings. The van der Waals surface area contributed by atoms with Crippen LogP contribution in [0.5, 0.6) is 12.0 Å². The zero-order valence-electron chi connectivity index (χ0n) is 73.2. The lowest BCUT2D eigenvalue weighted by Crippen LogP contribution is -2.49. The Morgan fingerprint density at radius 3 is 1.26 bits per heavy atom. The molecule has 16 atom stereocenters. The number of alkyl halides is 1. The van der Waals surface area contributed by atoms with Crippen LogP contribution in [-0.2, 0) is 121 Å². The third-order valence-corrected chi connectivity index (χ3v) is 22.3. The van der Waals surface area contributed by atoms with Crippen molar-refractivity contribution in [3.8, 4) is 12.0 Å². The molecule has 16 rings (SSSR count). The van der Waals surface area contributed by atoms with Gasteiger partial charge in [0.25, 0.3) is 11.1 Å². The quantitative estimate of drug-likeness (QED) is 0.0142. The van der Waals surface area contributed by atoms with Gasteiger partial charge in [0.2, 0.25) is 29.7 Å². The van der Waals surface area contributed by atoms with Gasteiger partial charge in [-0.25, -0.2) is 23.5 Å². The average Bonchev–Trinajstić information content (AvgIpc) is 1.57. The Balaban J connectivity index is 0.000000163. The number of amides is 1. The fraction of sp³-hybridized carbons (Fsp3) is 0.512. The second-order valence-electron chi connectivity index (χ2n) is 31.0. The van der Waals surface area contributed by atoms with Gasteiger partial charge in [0.15, 0.2) is 94.7 Å². The molecule has 13 N–H and O–H groups in total. The summed E-state index contributed by atoms with van der Waals surface area (Å²) in [6.45, 7) is 15.5. The molecule has 0 unspecified atom stereocenters. The van der Waals surface area contributed by atoms with Crippen LogP contribution in [0.4, 0.5) is 29.6 Å². The van der Waals surface area contributed by atoms with Gasteiger partial charge in [-0.15, -0.1) is 0 Å². The number of aromatic nitrogens is 14. The van der Waals surface area contributed by atoms with E-state index in [4.69, 9.17) is 103 Å². The van der Waals surface area contributed by atoms with E-state index >= 15 is 0 Å². The minimum absolute atomic E-state index is 0.00272. The molecule has 2 aromatic carbocycles.